The number of aromatic nitrogens is 2. The van der Waals surface area contributed by atoms with Crippen LogP contribution in [-0.4, -0.2) is 4.57 Å². The first-order valence-corrected chi connectivity index (χ1v) is 8.69. The van der Waals surface area contributed by atoms with Crippen molar-refractivity contribution in [3.8, 4) is 34.1 Å². The number of nitrogens with zero attached hydrogens (tertiary/aromatic N) is 3. The summed E-state index contributed by atoms with van der Waals surface area (Å²) in [6.45, 7) is 0. The number of nitriles is 1. The van der Waals surface area contributed by atoms with Gasteiger partial charge < -0.3 is 5.21 Å². The van der Waals surface area contributed by atoms with Gasteiger partial charge in [0, 0.05) is 29.6 Å². The van der Waals surface area contributed by atoms with Crippen LogP contribution in [0.5, 0.6) is 0 Å². The van der Waals surface area contributed by atoms with Crippen LogP contribution in [0.4, 0.5) is 0 Å². The second kappa shape index (κ2) is 7.22. The van der Waals surface area contributed by atoms with Crippen LogP contribution in [0, 0.1) is 16.5 Å². The van der Waals surface area contributed by atoms with E-state index in [1.807, 2.05) is 42.5 Å². The highest BCUT2D eigenvalue weighted by Gasteiger charge is 2.19. The van der Waals surface area contributed by atoms with Crippen LogP contribution in [0.3, 0.4) is 0 Å². The number of para-hydroxylation sites is 1. The molecule has 0 amide bonds. The van der Waals surface area contributed by atoms with Crippen LogP contribution in [0.1, 0.15) is 5.56 Å². The summed E-state index contributed by atoms with van der Waals surface area (Å²) in [5.41, 5.74) is 3.27. The predicted octanol–water partition coefficient (Wildman–Crippen LogP) is 3.68. The van der Waals surface area contributed by atoms with Crippen LogP contribution >= 0.6 is 0 Å². The number of hydrogen-bond acceptors (Lipinski definition) is 3. The predicted molar refractivity (Wildman–Crippen MR) is 107 cm³/mol. The van der Waals surface area contributed by atoms with Gasteiger partial charge in [0.05, 0.1) is 22.8 Å². The molecule has 0 aliphatic rings. The quantitative estimate of drug-likeness (QED) is 0.411. The highest BCUT2D eigenvalue weighted by Crippen LogP contribution is 2.31. The molecule has 0 fully saturated rings. The maximum Gasteiger partial charge on any atom is 0.255 e. The van der Waals surface area contributed by atoms with Gasteiger partial charge in [-0.2, -0.15) is 9.99 Å². The maximum absolute atomic E-state index is 12.7. The van der Waals surface area contributed by atoms with Crippen molar-refractivity contribution >= 4 is 0 Å². The molecule has 2 heterocycles. The van der Waals surface area contributed by atoms with Crippen LogP contribution < -0.4 is 10.3 Å². The van der Waals surface area contributed by atoms with Gasteiger partial charge in [-0.1, -0.05) is 36.4 Å². The Kier molecular flexibility index (Phi) is 4.45. The molecule has 0 unspecified atom stereocenters. The summed E-state index contributed by atoms with van der Waals surface area (Å²) in [5.74, 6) is 0. The molecular weight excluding hydrogens is 350 g/mol. The molecule has 2 aromatic heterocycles. The van der Waals surface area contributed by atoms with Gasteiger partial charge in [-0.15, -0.1) is 0 Å². The summed E-state index contributed by atoms with van der Waals surface area (Å²) in [5, 5.41) is 22.2. The van der Waals surface area contributed by atoms with E-state index in [4.69, 9.17) is 0 Å². The maximum atomic E-state index is 12.7. The fourth-order valence-electron chi connectivity index (χ4n) is 3.22. The second-order valence-corrected chi connectivity index (χ2v) is 6.22. The van der Waals surface area contributed by atoms with E-state index < -0.39 is 0 Å². The Morgan fingerprint density at radius 2 is 1.57 bits per heavy atom. The van der Waals surface area contributed by atoms with Gasteiger partial charge in [0.15, 0.2) is 6.20 Å². The van der Waals surface area contributed by atoms with Crippen LogP contribution in [0.25, 0.3) is 28.1 Å². The van der Waals surface area contributed by atoms with E-state index in [-0.39, 0.29) is 5.56 Å². The molecule has 0 aliphatic carbocycles. The molecule has 0 saturated carbocycles. The lowest BCUT2D eigenvalue weighted by atomic mass is 9.96. The van der Waals surface area contributed by atoms with Crippen molar-refractivity contribution in [1.82, 2.24) is 4.57 Å². The van der Waals surface area contributed by atoms with E-state index in [0.29, 0.717) is 33.6 Å². The van der Waals surface area contributed by atoms with Gasteiger partial charge in [0.25, 0.3) is 5.56 Å². The van der Waals surface area contributed by atoms with E-state index in [9.17, 15) is 15.3 Å². The molecule has 0 atom stereocenters. The van der Waals surface area contributed by atoms with E-state index in [1.54, 1.807) is 36.5 Å². The SMILES string of the molecule is N#Cc1ccccc1-c1ccc[n+]([O-])c1-c1ccc(=O)n(-c2ccccc2)c1. The molecule has 0 aliphatic heterocycles. The molecule has 28 heavy (non-hydrogen) atoms. The topological polar surface area (TPSA) is 72.7 Å². The first-order chi connectivity index (χ1) is 13.7. The standard InChI is InChI=1S/C23H15N3O2/c24-15-17-7-4-5-10-20(17)21-11-6-14-26(28)23(21)18-12-13-22(27)25(16-18)19-8-2-1-3-9-19/h1-14,16H. The van der Waals surface area contributed by atoms with Gasteiger partial charge in [0.1, 0.15) is 0 Å². The molecule has 134 valence electrons. The minimum absolute atomic E-state index is 0.192. The molecule has 0 N–H and O–H groups in total. The Bertz CT molecular complexity index is 1250. The zero-order chi connectivity index (χ0) is 19.5. The number of benzene rings is 2. The van der Waals surface area contributed by atoms with Gasteiger partial charge >= 0.3 is 0 Å². The van der Waals surface area contributed by atoms with Crippen molar-refractivity contribution in [2.75, 3.05) is 0 Å². The third kappa shape index (κ3) is 3.04. The minimum Gasteiger partial charge on any atom is -0.618 e. The van der Waals surface area contributed by atoms with Crippen molar-refractivity contribution in [3.63, 3.8) is 0 Å². The number of hydrogen-bond donors (Lipinski definition) is 0. The fourth-order valence-corrected chi connectivity index (χ4v) is 3.22. The van der Waals surface area contributed by atoms with Crippen LogP contribution in [0.15, 0.2) is 96.1 Å². The molecule has 0 spiro atoms. The lowest BCUT2D eigenvalue weighted by Crippen LogP contribution is -2.29. The number of rotatable bonds is 3. The molecule has 4 aromatic rings. The van der Waals surface area contributed by atoms with Crippen molar-refractivity contribution in [1.29, 1.82) is 5.26 Å². The Balaban J connectivity index is 1.97. The Labute approximate surface area is 161 Å². The summed E-state index contributed by atoms with van der Waals surface area (Å²) in [7, 11) is 0. The molecule has 2 aromatic carbocycles. The monoisotopic (exact) mass is 365 g/mol. The van der Waals surface area contributed by atoms with E-state index >= 15 is 0 Å². The van der Waals surface area contributed by atoms with E-state index in [2.05, 4.69) is 6.07 Å². The average molecular weight is 365 g/mol. The first-order valence-electron chi connectivity index (χ1n) is 8.69. The lowest BCUT2D eigenvalue weighted by Gasteiger charge is -2.13. The normalized spacial score (nSPS) is 10.4. The van der Waals surface area contributed by atoms with Gasteiger partial charge in [-0.25, -0.2) is 0 Å². The lowest BCUT2D eigenvalue weighted by molar-refractivity contribution is -0.593. The van der Waals surface area contributed by atoms with Crippen LogP contribution in [0.2, 0.25) is 0 Å². The van der Waals surface area contributed by atoms with Crippen LogP contribution in [-0.2, 0) is 0 Å². The average Bonchev–Trinajstić information content (AvgIpc) is 2.75. The van der Waals surface area contributed by atoms with E-state index in [1.165, 1.54) is 16.8 Å². The third-order valence-corrected chi connectivity index (χ3v) is 4.52. The molecule has 5 heteroatoms. The number of pyridine rings is 2. The van der Waals surface area contributed by atoms with Crippen molar-refractivity contribution < 1.29 is 4.73 Å². The van der Waals surface area contributed by atoms with E-state index in [0.717, 1.165) is 4.73 Å². The van der Waals surface area contributed by atoms with Gasteiger partial charge in [0.2, 0.25) is 5.69 Å². The smallest absolute Gasteiger partial charge is 0.255 e. The zero-order valence-electron chi connectivity index (χ0n) is 14.8. The van der Waals surface area contributed by atoms with Gasteiger partial charge in [-0.05, 0) is 30.3 Å². The van der Waals surface area contributed by atoms with Crippen molar-refractivity contribution in [2.24, 2.45) is 0 Å². The van der Waals surface area contributed by atoms with Gasteiger partial charge in [-0.3, -0.25) is 9.36 Å². The largest absolute Gasteiger partial charge is 0.618 e. The Hall–Kier alpha value is -4.17. The minimum atomic E-state index is -0.192. The molecular formula is C23H15N3O2. The summed E-state index contributed by atoms with van der Waals surface area (Å²) in [4.78, 5) is 12.4. The Morgan fingerprint density at radius 3 is 2.36 bits per heavy atom. The van der Waals surface area contributed by atoms with Crippen molar-refractivity contribution in [2.45, 2.75) is 0 Å². The summed E-state index contributed by atoms with van der Waals surface area (Å²) < 4.78 is 2.26. The molecule has 5 nitrogen and oxygen atoms in total. The fraction of sp³-hybridized carbons (Fsp3) is 0. The summed E-state index contributed by atoms with van der Waals surface area (Å²) in [6, 6.07) is 25.0. The van der Waals surface area contributed by atoms with Crippen molar-refractivity contribution in [3.05, 3.63) is 112 Å². The summed E-state index contributed by atoms with van der Waals surface area (Å²) in [6.07, 6.45) is 3.06. The Morgan fingerprint density at radius 1 is 0.857 bits per heavy atom. The highest BCUT2D eigenvalue weighted by atomic mass is 16.5. The highest BCUT2D eigenvalue weighted by molar-refractivity contribution is 5.81. The molecule has 4 rings (SSSR count). The zero-order valence-corrected chi connectivity index (χ0v) is 14.8. The first kappa shape index (κ1) is 17.3. The molecule has 0 radical (unpaired) electrons. The summed E-state index contributed by atoms with van der Waals surface area (Å²) >= 11 is 0. The third-order valence-electron chi connectivity index (χ3n) is 4.52. The second-order valence-electron chi connectivity index (χ2n) is 6.22. The molecule has 0 saturated heterocycles. The molecule has 0 bridgehead atoms.